The molecule has 1 saturated carbocycles. The number of benzene rings is 2. The van der Waals surface area contributed by atoms with Crippen molar-refractivity contribution in [3.8, 4) is 5.75 Å². The lowest BCUT2D eigenvalue weighted by atomic mass is 10.1. The Morgan fingerprint density at radius 2 is 1.78 bits per heavy atom. The van der Waals surface area contributed by atoms with E-state index in [1.807, 2.05) is 42.5 Å². The first-order valence-corrected chi connectivity index (χ1v) is 8.38. The minimum absolute atomic E-state index is 0.0810. The molecule has 0 saturated heterocycles. The van der Waals surface area contributed by atoms with E-state index < -0.39 is 0 Å². The van der Waals surface area contributed by atoms with Crippen molar-refractivity contribution >= 4 is 23.2 Å². The molecule has 2 aromatic rings. The van der Waals surface area contributed by atoms with E-state index in [0.717, 1.165) is 29.8 Å². The Bertz CT molecular complexity index is 663. The van der Waals surface area contributed by atoms with Crippen molar-refractivity contribution in [2.24, 2.45) is 0 Å². The Labute approximate surface area is 141 Å². The van der Waals surface area contributed by atoms with Crippen LogP contribution in [0.1, 0.15) is 31.2 Å². The van der Waals surface area contributed by atoms with Crippen molar-refractivity contribution in [1.29, 1.82) is 0 Å². The molecule has 0 spiro atoms. The van der Waals surface area contributed by atoms with E-state index in [-0.39, 0.29) is 12.3 Å². The molecule has 0 aliphatic heterocycles. The molecular weight excluding hydrogens is 310 g/mol. The maximum atomic E-state index is 12.1. The van der Waals surface area contributed by atoms with Crippen LogP contribution >= 0.6 is 11.6 Å². The van der Waals surface area contributed by atoms with E-state index in [1.165, 1.54) is 12.8 Å². The summed E-state index contributed by atoms with van der Waals surface area (Å²) in [5.74, 6) is 0.781. The van der Waals surface area contributed by atoms with Gasteiger partial charge in [0.1, 0.15) is 5.75 Å². The second-order valence-electron chi connectivity index (χ2n) is 5.87. The lowest BCUT2D eigenvalue weighted by Gasteiger charge is -2.13. The van der Waals surface area contributed by atoms with Crippen molar-refractivity contribution in [3.63, 3.8) is 0 Å². The Balaban J connectivity index is 1.55. The number of hydrogen-bond acceptors (Lipinski definition) is 2. The zero-order valence-corrected chi connectivity index (χ0v) is 13.7. The molecule has 1 N–H and O–H groups in total. The van der Waals surface area contributed by atoms with Gasteiger partial charge in [0, 0.05) is 10.7 Å². The van der Waals surface area contributed by atoms with Crippen LogP contribution in [0.15, 0.2) is 48.5 Å². The van der Waals surface area contributed by atoms with Gasteiger partial charge in [-0.15, -0.1) is 0 Å². The van der Waals surface area contributed by atoms with Crippen LogP contribution in [0.2, 0.25) is 5.02 Å². The number of halogens is 1. The normalized spacial score (nSPS) is 14.7. The third kappa shape index (κ3) is 4.49. The Kier molecular flexibility index (Phi) is 5.19. The molecule has 0 heterocycles. The van der Waals surface area contributed by atoms with Crippen LogP contribution in [-0.4, -0.2) is 12.0 Å². The lowest BCUT2D eigenvalue weighted by molar-refractivity contribution is -0.115. The van der Waals surface area contributed by atoms with Crippen molar-refractivity contribution in [1.82, 2.24) is 0 Å². The number of anilines is 1. The summed E-state index contributed by atoms with van der Waals surface area (Å²) in [6.45, 7) is 0. The van der Waals surface area contributed by atoms with Crippen LogP contribution in [0.25, 0.3) is 0 Å². The van der Waals surface area contributed by atoms with E-state index in [4.69, 9.17) is 16.3 Å². The predicted molar refractivity (Wildman–Crippen MR) is 93.1 cm³/mol. The quantitative estimate of drug-likeness (QED) is 0.852. The average molecular weight is 330 g/mol. The Morgan fingerprint density at radius 3 is 2.48 bits per heavy atom. The summed E-state index contributed by atoms with van der Waals surface area (Å²) >= 11 is 6.08. The van der Waals surface area contributed by atoms with E-state index in [1.54, 1.807) is 6.07 Å². The summed E-state index contributed by atoms with van der Waals surface area (Å²) in [4.78, 5) is 12.1. The number of carbonyl (C=O) groups is 1. The first-order valence-electron chi connectivity index (χ1n) is 8.01. The van der Waals surface area contributed by atoms with Gasteiger partial charge in [0.15, 0.2) is 0 Å². The number of hydrogen-bond donors (Lipinski definition) is 1. The number of carbonyl (C=O) groups excluding carboxylic acids is 1. The fraction of sp³-hybridized carbons (Fsp3) is 0.316. The third-order valence-corrected chi connectivity index (χ3v) is 4.42. The first kappa shape index (κ1) is 15.9. The Hall–Kier alpha value is -2.00. The molecular formula is C19H20ClNO2. The molecule has 1 amide bonds. The van der Waals surface area contributed by atoms with Gasteiger partial charge in [-0.05, 0) is 61.6 Å². The van der Waals surface area contributed by atoms with E-state index in [2.05, 4.69) is 5.32 Å². The van der Waals surface area contributed by atoms with Crippen molar-refractivity contribution in [2.45, 2.75) is 38.2 Å². The highest BCUT2D eigenvalue weighted by atomic mass is 35.5. The fourth-order valence-corrected chi connectivity index (χ4v) is 3.04. The van der Waals surface area contributed by atoms with E-state index in [0.29, 0.717) is 11.1 Å². The highest BCUT2D eigenvalue weighted by Gasteiger charge is 2.16. The maximum Gasteiger partial charge on any atom is 0.228 e. The molecule has 0 bridgehead atoms. The van der Waals surface area contributed by atoms with Gasteiger partial charge in [-0.25, -0.2) is 0 Å². The summed E-state index contributed by atoms with van der Waals surface area (Å²) in [7, 11) is 0. The topological polar surface area (TPSA) is 38.3 Å². The highest BCUT2D eigenvalue weighted by Crippen LogP contribution is 2.25. The molecule has 0 aromatic heterocycles. The molecule has 1 fully saturated rings. The molecule has 0 radical (unpaired) electrons. The molecule has 120 valence electrons. The predicted octanol–water partition coefficient (Wildman–Crippen LogP) is 4.84. The van der Waals surface area contributed by atoms with Gasteiger partial charge in [0.05, 0.1) is 12.5 Å². The van der Waals surface area contributed by atoms with Crippen LogP contribution in [0, 0.1) is 0 Å². The van der Waals surface area contributed by atoms with Crippen LogP contribution in [-0.2, 0) is 11.2 Å². The van der Waals surface area contributed by atoms with E-state index in [9.17, 15) is 4.79 Å². The summed E-state index contributed by atoms with van der Waals surface area (Å²) in [5, 5.41) is 3.50. The number of rotatable bonds is 5. The van der Waals surface area contributed by atoms with Gasteiger partial charge in [-0.3, -0.25) is 4.79 Å². The zero-order valence-electron chi connectivity index (χ0n) is 12.9. The van der Waals surface area contributed by atoms with Gasteiger partial charge >= 0.3 is 0 Å². The third-order valence-electron chi connectivity index (χ3n) is 4.05. The van der Waals surface area contributed by atoms with Crippen molar-refractivity contribution in [3.05, 3.63) is 59.1 Å². The molecule has 1 aliphatic rings. The fourth-order valence-electron chi connectivity index (χ4n) is 2.84. The standard InChI is InChI=1S/C19H20ClNO2/c20-18-8-4-1-5-14(18)13-19(22)21-15-9-11-17(12-10-15)23-16-6-2-3-7-16/h1,4-5,8-12,16H,2-3,6-7,13H2,(H,21,22). The largest absolute Gasteiger partial charge is 0.490 e. The average Bonchev–Trinajstić information content (AvgIpc) is 3.04. The number of ether oxygens (including phenoxy) is 1. The van der Waals surface area contributed by atoms with Crippen molar-refractivity contribution in [2.75, 3.05) is 5.32 Å². The van der Waals surface area contributed by atoms with Crippen LogP contribution in [0.4, 0.5) is 5.69 Å². The molecule has 1 aliphatic carbocycles. The highest BCUT2D eigenvalue weighted by molar-refractivity contribution is 6.31. The summed E-state index contributed by atoms with van der Waals surface area (Å²) in [6, 6.07) is 14.9. The molecule has 3 rings (SSSR count). The second kappa shape index (κ2) is 7.51. The maximum absolute atomic E-state index is 12.1. The summed E-state index contributed by atoms with van der Waals surface area (Å²) in [6.07, 6.45) is 5.38. The molecule has 2 aromatic carbocycles. The van der Waals surface area contributed by atoms with E-state index >= 15 is 0 Å². The molecule has 0 atom stereocenters. The number of nitrogens with one attached hydrogen (secondary N) is 1. The van der Waals surface area contributed by atoms with Gasteiger partial charge in [-0.1, -0.05) is 29.8 Å². The molecule has 3 nitrogen and oxygen atoms in total. The minimum atomic E-state index is -0.0810. The zero-order chi connectivity index (χ0) is 16.1. The van der Waals surface area contributed by atoms with Gasteiger partial charge < -0.3 is 10.1 Å². The second-order valence-corrected chi connectivity index (χ2v) is 6.27. The van der Waals surface area contributed by atoms with Gasteiger partial charge in [-0.2, -0.15) is 0 Å². The summed E-state index contributed by atoms with van der Waals surface area (Å²) in [5.41, 5.74) is 1.59. The SMILES string of the molecule is O=C(Cc1ccccc1Cl)Nc1ccc(OC2CCCC2)cc1. The van der Waals surface area contributed by atoms with Crippen molar-refractivity contribution < 1.29 is 9.53 Å². The van der Waals surface area contributed by atoms with Crippen LogP contribution < -0.4 is 10.1 Å². The van der Waals surface area contributed by atoms with Crippen LogP contribution in [0.5, 0.6) is 5.75 Å². The molecule has 4 heteroatoms. The Morgan fingerprint density at radius 1 is 1.09 bits per heavy atom. The number of amides is 1. The van der Waals surface area contributed by atoms with Gasteiger partial charge in [0.25, 0.3) is 0 Å². The molecule has 0 unspecified atom stereocenters. The minimum Gasteiger partial charge on any atom is -0.490 e. The first-order chi connectivity index (χ1) is 11.2. The van der Waals surface area contributed by atoms with Gasteiger partial charge in [0.2, 0.25) is 5.91 Å². The lowest BCUT2D eigenvalue weighted by Crippen LogP contribution is -2.15. The molecule has 23 heavy (non-hydrogen) atoms. The van der Waals surface area contributed by atoms with Crippen LogP contribution in [0.3, 0.4) is 0 Å². The smallest absolute Gasteiger partial charge is 0.228 e. The summed E-state index contributed by atoms with van der Waals surface area (Å²) < 4.78 is 5.92. The monoisotopic (exact) mass is 329 g/mol.